The standard InChI is InChI=1S/C5H9O3/c1-3-8-5(7)4(2)6/h4,6H,1,3H2,2H3/q+1. The average Bonchev–Trinajstić information content (AvgIpc) is 1.67. The lowest BCUT2D eigenvalue weighted by atomic mass is 10.4. The molecule has 1 unspecified atom stereocenters. The second kappa shape index (κ2) is 3.32. The van der Waals surface area contributed by atoms with Crippen LogP contribution in [0, 0.1) is 6.92 Å². The zero-order valence-corrected chi connectivity index (χ0v) is 4.76. The molecule has 0 aliphatic rings. The summed E-state index contributed by atoms with van der Waals surface area (Å²) >= 11 is 0. The van der Waals surface area contributed by atoms with Crippen molar-refractivity contribution in [3.63, 3.8) is 0 Å². The van der Waals surface area contributed by atoms with Crippen molar-refractivity contribution in [1.82, 2.24) is 0 Å². The quantitative estimate of drug-likeness (QED) is 0.400. The van der Waals surface area contributed by atoms with Gasteiger partial charge in [-0.2, -0.15) is 0 Å². The van der Waals surface area contributed by atoms with Crippen LogP contribution in [0.25, 0.3) is 0 Å². The van der Waals surface area contributed by atoms with Crippen LogP contribution in [0.5, 0.6) is 0 Å². The second-order valence-electron chi connectivity index (χ2n) is 1.34. The normalized spacial score (nSPS) is 12.8. The molecule has 0 fully saturated rings. The SMILES string of the molecule is [CH2+]COC(=O)C(C)O. The van der Waals surface area contributed by atoms with Gasteiger partial charge < -0.3 is 9.84 Å². The Hall–Kier alpha value is -0.700. The Bertz CT molecular complexity index is 77.7. The zero-order chi connectivity index (χ0) is 6.57. The van der Waals surface area contributed by atoms with Gasteiger partial charge in [0, 0.05) is 0 Å². The molecule has 0 aromatic carbocycles. The number of carbonyl (C=O) groups is 1. The van der Waals surface area contributed by atoms with Gasteiger partial charge in [-0.05, 0) is 6.92 Å². The van der Waals surface area contributed by atoms with E-state index in [0.29, 0.717) is 0 Å². The average molecular weight is 117 g/mol. The molecule has 0 heterocycles. The first kappa shape index (κ1) is 7.30. The maximum Gasteiger partial charge on any atom is 0.338 e. The van der Waals surface area contributed by atoms with Gasteiger partial charge in [0.15, 0.2) is 0 Å². The summed E-state index contributed by atoms with van der Waals surface area (Å²) in [6.45, 7) is 4.67. The number of carbonyl (C=O) groups excluding carboxylic acids is 1. The predicted octanol–water partition coefficient (Wildman–Crippen LogP) is -0.256. The van der Waals surface area contributed by atoms with E-state index in [-0.39, 0.29) is 6.61 Å². The maximum atomic E-state index is 10.2. The van der Waals surface area contributed by atoms with E-state index in [0.717, 1.165) is 0 Å². The molecule has 0 spiro atoms. The Balaban J connectivity index is 3.33. The third kappa shape index (κ3) is 2.47. The Labute approximate surface area is 48.3 Å². The molecule has 0 aliphatic carbocycles. The van der Waals surface area contributed by atoms with Gasteiger partial charge in [-0.25, -0.2) is 4.79 Å². The lowest BCUT2D eigenvalue weighted by molar-refractivity contribution is -0.151. The van der Waals surface area contributed by atoms with Crippen molar-refractivity contribution in [3.05, 3.63) is 6.92 Å². The third-order valence-electron chi connectivity index (χ3n) is 0.585. The van der Waals surface area contributed by atoms with E-state index >= 15 is 0 Å². The minimum absolute atomic E-state index is 0.0731. The summed E-state index contributed by atoms with van der Waals surface area (Å²) in [5, 5.41) is 8.45. The van der Waals surface area contributed by atoms with Crippen molar-refractivity contribution in [2.45, 2.75) is 13.0 Å². The highest BCUT2D eigenvalue weighted by atomic mass is 16.5. The minimum Gasteiger partial charge on any atom is -0.421 e. The lowest BCUT2D eigenvalue weighted by Crippen LogP contribution is -2.18. The number of ether oxygens (including phenoxy) is 1. The highest BCUT2D eigenvalue weighted by Gasteiger charge is 2.08. The summed E-state index contributed by atoms with van der Waals surface area (Å²) < 4.78 is 4.30. The largest absolute Gasteiger partial charge is 0.421 e. The molecule has 0 bridgehead atoms. The molecular weight excluding hydrogens is 108 g/mol. The molecule has 1 N–H and O–H groups in total. The Kier molecular flexibility index (Phi) is 3.03. The van der Waals surface area contributed by atoms with E-state index in [1.54, 1.807) is 0 Å². The maximum absolute atomic E-state index is 10.2. The van der Waals surface area contributed by atoms with Crippen LogP contribution in [0.3, 0.4) is 0 Å². The van der Waals surface area contributed by atoms with E-state index in [4.69, 9.17) is 5.11 Å². The van der Waals surface area contributed by atoms with Crippen LogP contribution in [0.15, 0.2) is 0 Å². The predicted molar refractivity (Wildman–Crippen MR) is 28.0 cm³/mol. The first-order chi connectivity index (χ1) is 3.68. The van der Waals surface area contributed by atoms with Crippen LogP contribution < -0.4 is 0 Å². The molecule has 0 aromatic rings. The van der Waals surface area contributed by atoms with Gasteiger partial charge in [-0.1, -0.05) is 0 Å². The topological polar surface area (TPSA) is 46.5 Å². The van der Waals surface area contributed by atoms with E-state index in [2.05, 4.69) is 11.7 Å². The third-order valence-corrected chi connectivity index (χ3v) is 0.585. The second-order valence-corrected chi connectivity index (χ2v) is 1.34. The fraction of sp³-hybridized carbons (Fsp3) is 0.600. The fourth-order valence-corrected chi connectivity index (χ4v) is 0.221. The van der Waals surface area contributed by atoms with Crippen molar-refractivity contribution >= 4 is 5.97 Å². The van der Waals surface area contributed by atoms with Gasteiger partial charge in [0.1, 0.15) is 13.0 Å². The Morgan fingerprint density at radius 2 is 2.50 bits per heavy atom. The van der Waals surface area contributed by atoms with Crippen LogP contribution in [-0.4, -0.2) is 23.8 Å². The minimum atomic E-state index is -1.03. The fourth-order valence-electron chi connectivity index (χ4n) is 0.221. The highest BCUT2D eigenvalue weighted by molar-refractivity contribution is 5.73. The van der Waals surface area contributed by atoms with Crippen molar-refractivity contribution in [1.29, 1.82) is 0 Å². The molecule has 3 nitrogen and oxygen atoms in total. The molecular formula is C5H9O3+. The van der Waals surface area contributed by atoms with Gasteiger partial charge in [-0.15, -0.1) is 0 Å². The van der Waals surface area contributed by atoms with E-state index in [1.165, 1.54) is 6.92 Å². The number of esters is 1. The van der Waals surface area contributed by atoms with Crippen molar-refractivity contribution in [2.24, 2.45) is 0 Å². The van der Waals surface area contributed by atoms with Crippen molar-refractivity contribution in [2.75, 3.05) is 6.61 Å². The first-order valence-corrected chi connectivity index (χ1v) is 2.32. The summed E-state index contributed by atoms with van der Waals surface area (Å²) in [5.41, 5.74) is 0. The van der Waals surface area contributed by atoms with Gasteiger partial charge in [-0.3, -0.25) is 0 Å². The van der Waals surface area contributed by atoms with Crippen molar-refractivity contribution < 1.29 is 14.6 Å². The van der Waals surface area contributed by atoms with Crippen LogP contribution in [-0.2, 0) is 9.53 Å². The molecule has 0 aliphatic heterocycles. The molecule has 0 aromatic heterocycles. The molecule has 0 saturated heterocycles. The molecule has 8 heavy (non-hydrogen) atoms. The van der Waals surface area contributed by atoms with Gasteiger partial charge in [0.2, 0.25) is 6.61 Å². The van der Waals surface area contributed by atoms with Crippen LogP contribution in [0.2, 0.25) is 0 Å². The lowest BCUT2D eigenvalue weighted by Gasteiger charge is -1.98. The van der Waals surface area contributed by atoms with E-state index < -0.39 is 12.1 Å². The molecule has 1 atom stereocenters. The number of aliphatic hydroxyl groups is 1. The summed E-state index contributed by atoms with van der Waals surface area (Å²) in [7, 11) is 0. The summed E-state index contributed by atoms with van der Waals surface area (Å²) in [6.07, 6.45) is -1.03. The summed E-state index contributed by atoms with van der Waals surface area (Å²) in [6, 6.07) is 0. The van der Waals surface area contributed by atoms with Crippen LogP contribution in [0.1, 0.15) is 6.92 Å². The zero-order valence-electron chi connectivity index (χ0n) is 4.76. The van der Waals surface area contributed by atoms with E-state index in [1.807, 2.05) is 0 Å². The molecule has 0 amide bonds. The number of aliphatic hydroxyl groups excluding tert-OH is 1. The highest BCUT2D eigenvalue weighted by Crippen LogP contribution is 1.83. The number of rotatable bonds is 2. The van der Waals surface area contributed by atoms with Gasteiger partial charge in [0.05, 0.1) is 0 Å². The molecule has 3 heteroatoms. The van der Waals surface area contributed by atoms with Gasteiger partial charge >= 0.3 is 5.97 Å². The number of hydrogen-bond donors (Lipinski definition) is 1. The molecule has 0 radical (unpaired) electrons. The first-order valence-electron chi connectivity index (χ1n) is 2.32. The molecule has 0 rings (SSSR count). The summed E-state index contributed by atoms with van der Waals surface area (Å²) in [4.78, 5) is 10.2. The van der Waals surface area contributed by atoms with Gasteiger partial charge in [0.25, 0.3) is 0 Å². The van der Waals surface area contributed by atoms with Crippen LogP contribution >= 0.6 is 0 Å². The van der Waals surface area contributed by atoms with Crippen LogP contribution in [0.4, 0.5) is 0 Å². The summed E-state index contributed by atoms with van der Waals surface area (Å²) in [5.74, 6) is -0.625. The van der Waals surface area contributed by atoms with Crippen molar-refractivity contribution in [3.8, 4) is 0 Å². The smallest absolute Gasteiger partial charge is 0.338 e. The number of hydrogen-bond acceptors (Lipinski definition) is 3. The molecule has 0 saturated carbocycles. The monoisotopic (exact) mass is 117 g/mol. The Morgan fingerprint density at radius 3 is 2.62 bits per heavy atom. The molecule has 46 valence electrons. The Morgan fingerprint density at radius 1 is 2.00 bits per heavy atom. The van der Waals surface area contributed by atoms with E-state index in [9.17, 15) is 4.79 Å².